The number of nitrogens with zero attached hydrogens (tertiary/aromatic N) is 2. The quantitative estimate of drug-likeness (QED) is 0.746. The molecule has 0 spiro atoms. The molecule has 0 saturated carbocycles. The Bertz CT molecular complexity index is 957. The first kappa shape index (κ1) is 17.8. The molecule has 1 saturated heterocycles. The largest absolute Gasteiger partial charge is 0.494 e. The van der Waals surface area contributed by atoms with Crippen molar-refractivity contribution in [2.45, 2.75) is 32.4 Å². The summed E-state index contributed by atoms with van der Waals surface area (Å²) in [5.74, 6) is 0.703. The summed E-state index contributed by atoms with van der Waals surface area (Å²) in [5, 5.41) is 12.1. The molecule has 1 N–H and O–H groups in total. The second-order valence-corrected chi connectivity index (χ2v) is 7.54. The van der Waals surface area contributed by atoms with Gasteiger partial charge in [0.1, 0.15) is 0 Å². The third-order valence-corrected chi connectivity index (χ3v) is 5.72. The number of hydrogen-bond donors (Lipinski definition) is 1. The molecule has 2 aromatic carbocycles. The maximum Gasteiger partial charge on any atom is 0.253 e. The summed E-state index contributed by atoms with van der Waals surface area (Å²) in [5.41, 5.74) is 1.25. The van der Waals surface area contributed by atoms with Gasteiger partial charge in [-0.3, -0.25) is 14.3 Å². The van der Waals surface area contributed by atoms with Crippen LogP contribution in [0.3, 0.4) is 0 Å². The molecular formula is C23H26N2O2. The van der Waals surface area contributed by atoms with E-state index in [-0.39, 0.29) is 11.4 Å². The van der Waals surface area contributed by atoms with Gasteiger partial charge in [-0.25, -0.2) is 0 Å². The summed E-state index contributed by atoms with van der Waals surface area (Å²) in [6.45, 7) is 3.79. The van der Waals surface area contributed by atoms with Crippen LogP contribution >= 0.6 is 0 Å². The van der Waals surface area contributed by atoms with Crippen LogP contribution in [-0.4, -0.2) is 27.7 Å². The number of aromatic hydroxyl groups is 1. The summed E-state index contributed by atoms with van der Waals surface area (Å²) in [7, 11) is 0. The number of hydrogen-bond acceptors (Lipinski definition) is 3. The molecule has 27 heavy (non-hydrogen) atoms. The van der Waals surface area contributed by atoms with Crippen molar-refractivity contribution in [1.29, 1.82) is 0 Å². The average Bonchev–Trinajstić information content (AvgIpc) is 2.70. The van der Waals surface area contributed by atoms with Gasteiger partial charge in [0.2, 0.25) is 5.88 Å². The summed E-state index contributed by atoms with van der Waals surface area (Å²) in [4.78, 5) is 14.9. The normalized spacial score (nSPS) is 16.0. The van der Waals surface area contributed by atoms with Crippen LogP contribution in [0, 0.1) is 5.92 Å². The van der Waals surface area contributed by atoms with E-state index in [1.54, 1.807) is 6.07 Å². The summed E-state index contributed by atoms with van der Waals surface area (Å²) < 4.78 is 1.53. The van der Waals surface area contributed by atoms with Crippen LogP contribution in [0.4, 0.5) is 0 Å². The molecule has 4 heteroatoms. The van der Waals surface area contributed by atoms with Crippen molar-refractivity contribution in [2.75, 3.05) is 13.1 Å². The highest BCUT2D eigenvalue weighted by Gasteiger charge is 2.20. The third-order valence-electron chi connectivity index (χ3n) is 5.72. The average molecular weight is 362 g/mol. The molecule has 1 fully saturated rings. The second kappa shape index (κ2) is 7.97. The van der Waals surface area contributed by atoms with Gasteiger partial charge in [-0.15, -0.1) is 0 Å². The molecule has 0 atom stereocenters. The molecule has 0 radical (unpaired) electrons. The van der Waals surface area contributed by atoms with Crippen molar-refractivity contribution in [1.82, 2.24) is 9.47 Å². The Labute approximate surface area is 159 Å². The minimum Gasteiger partial charge on any atom is -0.494 e. The molecule has 0 unspecified atom stereocenters. The highest BCUT2D eigenvalue weighted by molar-refractivity contribution is 5.86. The van der Waals surface area contributed by atoms with Crippen molar-refractivity contribution in [2.24, 2.45) is 5.92 Å². The van der Waals surface area contributed by atoms with Crippen LogP contribution < -0.4 is 5.56 Å². The van der Waals surface area contributed by atoms with E-state index < -0.39 is 0 Å². The van der Waals surface area contributed by atoms with Crippen LogP contribution in [0.25, 0.3) is 10.8 Å². The van der Waals surface area contributed by atoms with Gasteiger partial charge < -0.3 is 5.11 Å². The highest BCUT2D eigenvalue weighted by Crippen LogP contribution is 2.25. The van der Waals surface area contributed by atoms with Crippen LogP contribution in [-0.2, 0) is 13.1 Å². The fourth-order valence-corrected chi connectivity index (χ4v) is 4.09. The lowest BCUT2D eigenvalue weighted by Gasteiger charge is -2.32. The minimum atomic E-state index is -0.118. The van der Waals surface area contributed by atoms with E-state index in [9.17, 15) is 9.90 Å². The van der Waals surface area contributed by atoms with Gasteiger partial charge in [-0.2, -0.15) is 0 Å². The van der Waals surface area contributed by atoms with E-state index in [0.29, 0.717) is 12.5 Å². The molecule has 2 heterocycles. The maximum atomic E-state index is 12.4. The van der Waals surface area contributed by atoms with Crippen molar-refractivity contribution in [3.8, 4) is 5.88 Å². The molecule has 3 aromatic rings. The molecule has 1 aliphatic heterocycles. The summed E-state index contributed by atoms with van der Waals surface area (Å²) in [6, 6.07) is 19.7. The topological polar surface area (TPSA) is 45.5 Å². The van der Waals surface area contributed by atoms with Gasteiger partial charge in [0.15, 0.2) is 0 Å². The van der Waals surface area contributed by atoms with Crippen molar-refractivity contribution < 1.29 is 5.11 Å². The van der Waals surface area contributed by atoms with Crippen molar-refractivity contribution in [3.63, 3.8) is 0 Å². The molecule has 0 bridgehead atoms. The van der Waals surface area contributed by atoms with Crippen molar-refractivity contribution in [3.05, 3.63) is 76.6 Å². The standard InChI is InChI=1S/C23H26N2O2/c26-22-16-20-8-4-5-9-21(20)23(27)25(22)15-12-18-10-13-24(14-11-18)17-19-6-2-1-3-7-19/h1-9,16,18,27H,10-15,17H2. The maximum absolute atomic E-state index is 12.4. The smallest absolute Gasteiger partial charge is 0.253 e. The Balaban J connectivity index is 1.35. The Morgan fingerprint density at radius 2 is 1.67 bits per heavy atom. The van der Waals surface area contributed by atoms with E-state index in [2.05, 4.69) is 35.2 Å². The molecule has 0 amide bonds. The van der Waals surface area contributed by atoms with Gasteiger partial charge in [0, 0.05) is 24.5 Å². The van der Waals surface area contributed by atoms with E-state index in [4.69, 9.17) is 0 Å². The number of rotatable bonds is 5. The highest BCUT2D eigenvalue weighted by atomic mass is 16.3. The summed E-state index contributed by atoms with van der Waals surface area (Å²) >= 11 is 0. The van der Waals surface area contributed by atoms with E-state index in [1.807, 2.05) is 24.3 Å². The Morgan fingerprint density at radius 3 is 2.44 bits per heavy atom. The second-order valence-electron chi connectivity index (χ2n) is 7.54. The zero-order valence-corrected chi connectivity index (χ0v) is 15.6. The van der Waals surface area contributed by atoms with Gasteiger partial charge in [-0.1, -0.05) is 48.5 Å². The lowest BCUT2D eigenvalue weighted by atomic mass is 9.93. The first-order valence-electron chi connectivity index (χ1n) is 9.78. The molecule has 1 aromatic heterocycles. The minimum absolute atomic E-state index is 0.0969. The van der Waals surface area contributed by atoms with Crippen LogP contribution in [0.2, 0.25) is 0 Å². The van der Waals surface area contributed by atoms with E-state index in [0.717, 1.165) is 49.7 Å². The summed E-state index contributed by atoms with van der Waals surface area (Å²) in [6.07, 6.45) is 3.23. The number of benzene rings is 2. The number of aromatic nitrogens is 1. The first-order chi connectivity index (χ1) is 13.2. The van der Waals surface area contributed by atoms with Crippen LogP contribution in [0.5, 0.6) is 5.88 Å². The molecular weight excluding hydrogens is 336 g/mol. The Hall–Kier alpha value is -2.59. The van der Waals surface area contributed by atoms with Crippen LogP contribution in [0.15, 0.2) is 65.5 Å². The predicted molar refractivity (Wildman–Crippen MR) is 109 cm³/mol. The van der Waals surface area contributed by atoms with Crippen LogP contribution in [0.1, 0.15) is 24.8 Å². The van der Waals surface area contributed by atoms with Gasteiger partial charge in [0.25, 0.3) is 5.56 Å². The molecule has 0 aliphatic carbocycles. The SMILES string of the molecule is O=c1cc2ccccc2c(O)n1CCC1CCN(Cc2ccccc2)CC1. The number of fused-ring (bicyclic) bond motifs is 1. The van der Waals surface area contributed by atoms with Gasteiger partial charge in [0.05, 0.1) is 0 Å². The lowest BCUT2D eigenvalue weighted by molar-refractivity contribution is 0.168. The van der Waals surface area contributed by atoms with E-state index in [1.165, 1.54) is 10.1 Å². The number of pyridine rings is 1. The lowest BCUT2D eigenvalue weighted by Crippen LogP contribution is -2.34. The van der Waals surface area contributed by atoms with Gasteiger partial charge >= 0.3 is 0 Å². The fraction of sp³-hybridized carbons (Fsp3) is 0.348. The molecule has 4 rings (SSSR count). The first-order valence-corrected chi connectivity index (χ1v) is 9.78. The third kappa shape index (κ3) is 4.06. The molecule has 1 aliphatic rings. The number of likely N-dealkylation sites (tertiary alicyclic amines) is 1. The zero-order chi connectivity index (χ0) is 18.6. The number of piperidine rings is 1. The van der Waals surface area contributed by atoms with E-state index >= 15 is 0 Å². The fourth-order valence-electron chi connectivity index (χ4n) is 4.09. The molecule has 140 valence electrons. The molecule has 4 nitrogen and oxygen atoms in total. The zero-order valence-electron chi connectivity index (χ0n) is 15.6. The van der Waals surface area contributed by atoms with Crippen molar-refractivity contribution >= 4 is 10.8 Å². The Morgan fingerprint density at radius 1 is 0.963 bits per heavy atom. The predicted octanol–water partition coefficient (Wildman–Crippen LogP) is 4.01. The van der Waals surface area contributed by atoms with Gasteiger partial charge in [-0.05, 0) is 55.3 Å². The monoisotopic (exact) mass is 362 g/mol. The Kier molecular flexibility index (Phi) is 5.26.